The minimum Gasteiger partial charge on any atom is -0.478 e. The SMILES string of the molecule is Cc1cnc(C(C)NC/C=C/C(=O)O)o1. The van der Waals surface area contributed by atoms with Crippen LogP contribution in [-0.2, 0) is 4.79 Å². The summed E-state index contributed by atoms with van der Waals surface area (Å²) in [7, 11) is 0. The van der Waals surface area contributed by atoms with E-state index < -0.39 is 5.97 Å². The van der Waals surface area contributed by atoms with Crippen molar-refractivity contribution in [1.29, 1.82) is 0 Å². The first-order valence-corrected chi connectivity index (χ1v) is 4.64. The Hall–Kier alpha value is -1.62. The Morgan fingerprint density at radius 2 is 2.53 bits per heavy atom. The molecule has 0 aliphatic rings. The van der Waals surface area contributed by atoms with E-state index in [4.69, 9.17) is 9.52 Å². The summed E-state index contributed by atoms with van der Waals surface area (Å²) >= 11 is 0. The van der Waals surface area contributed by atoms with Gasteiger partial charge >= 0.3 is 5.97 Å². The van der Waals surface area contributed by atoms with Gasteiger partial charge in [-0.25, -0.2) is 9.78 Å². The molecule has 1 atom stereocenters. The predicted octanol–water partition coefficient (Wildman–Crippen LogP) is 1.27. The van der Waals surface area contributed by atoms with Crippen LogP contribution in [0.5, 0.6) is 0 Å². The van der Waals surface area contributed by atoms with Gasteiger partial charge < -0.3 is 14.8 Å². The van der Waals surface area contributed by atoms with Gasteiger partial charge in [0.2, 0.25) is 5.89 Å². The van der Waals surface area contributed by atoms with Gasteiger partial charge in [-0.1, -0.05) is 6.08 Å². The van der Waals surface area contributed by atoms with Gasteiger partial charge in [-0.2, -0.15) is 0 Å². The van der Waals surface area contributed by atoms with Crippen molar-refractivity contribution in [3.05, 3.63) is 30.0 Å². The van der Waals surface area contributed by atoms with E-state index in [2.05, 4.69) is 10.3 Å². The van der Waals surface area contributed by atoms with Crippen LogP contribution in [0.3, 0.4) is 0 Å². The van der Waals surface area contributed by atoms with Crippen molar-refractivity contribution in [2.75, 3.05) is 6.54 Å². The van der Waals surface area contributed by atoms with Crippen LogP contribution in [0.25, 0.3) is 0 Å². The Balaban J connectivity index is 2.36. The molecular weight excluding hydrogens is 196 g/mol. The number of oxazole rings is 1. The Kier molecular flexibility index (Phi) is 4.05. The van der Waals surface area contributed by atoms with Crippen molar-refractivity contribution in [2.24, 2.45) is 0 Å². The van der Waals surface area contributed by atoms with Crippen molar-refractivity contribution in [2.45, 2.75) is 19.9 Å². The molecule has 1 rings (SSSR count). The van der Waals surface area contributed by atoms with Crippen LogP contribution < -0.4 is 5.32 Å². The summed E-state index contributed by atoms with van der Waals surface area (Å²) in [6.45, 7) is 4.20. The van der Waals surface area contributed by atoms with E-state index in [-0.39, 0.29) is 6.04 Å². The Labute approximate surface area is 87.8 Å². The van der Waals surface area contributed by atoms with E-state index in [1.54, 1.807) is 6.20 Å². The smallest absolute Gasteiger partial charge is 0.328 e. The highest BCUT2D eigenvalue weighted by atomic mass is 16.4. The molecule has 0 amide bonds. The molecule has 0 aromatic carbocycles. The van der Waals surface area contributed by atoms with Crippen molar-refractivity contribution in [3.63, 3.8) is 0 Å². The summed E-state index contributed by atoms with van der Waals surface area (Å²) < 4.78 is 5.31. The van der Waals surface area contributed by atoms with Crippen molar-refractivity contribution >= 4 is 5.97 Å². The van der Waals surface area contributed by atoms with Crippen molar-refractivity contribution in [3.8, 4) is 0 Å². The lowest BCUT2D eigenvalue weighted by Crippen LogP contribution is -2.18. The zero-order valence-corrected chi connectivity index (χ0v) is 8.73. The van der Waals surface area contributed by atoms with Crippen LogP contribution in [0, 0.1) is 6.92 Å². The number of hydrogen-bond donors (Lipinski definition) is 2. The van der Waals surface area contributed by atoms with Crippen LogP contribution >= 0.6 is 0 Å². The first kappa shape index (κ1) is 11.5. The average Bonchev–Trinajstić information content (AvgIpc) is 2.59. The van der Waals surface area contributed by atoms with Gasteiger partial charge in [-0.15, -0.1) is 0 Å². The largest absolute Gasteiger partial charge is 0.478 e. The Morgan fingerprint density at radius 3 is 3.07 bits per heavy atom. The topological polar surface area (TPSA) is 75.4 Å². The maximum atomic E-state index is 10.2. The number of rotatable bonds is 5. The van der Waals surface area contributed by atoms with Crippen molar-refractivity contribution < 1.29 is 14.3 Å². The number of carboxylic acids is 1. The summed E-state index contributed by atoms with van der Waals surface area (Å²) in [5.74, 6) is 0.423. The number of aryl methyl sites for hydroxylation is 1. The molecule has 0 saturated carbocycles. The molecule has 5 nitrogen and oxygen atoms in total. The molecule has 0 spiro atoms. The van der Waals surface area contributed by atoms with Crippen molar-refractivity contribution in [1.82, 2.24) is 10.3 Å². The highest BCUT2D eigenvalue weighted by Crippen LogP contribution is 2.11. The van der Waals surface area contributed by atoms with Gasteiger partial charge in [0, 0.05) is 12.6 Å². The van der Waals surface area contributed by atoms with Crippen LogP contribution in [-0.4, -0.2) is 22.6 Å². The lowest BCUT2D eigenvalue weighted by atomic mass is 10.3. The summed E-state index contributed by atoms with van der Waals surface area (Å²) in [6, 6.07) is -0.0304. The first-order valence-electron chi connectivity index (χ1n) is 4.64. The zero-order chi connectivity index (χ0) is 11.3. The lowest BCUT2D eigenvalue weighted by molar-refractivity contribution is -0.131. The maximum Gasteiger partial charge on any atom is 0.328 e. The normalized spacial score (nSPS) is 13.2. The Morgan fingerprint density at radius 1 is 1.80 bits per heavy atom. The quantitative estimate of drug-likeness (QED) is 0.716. The molecule has 0 fully saturated rings. The predicted molar refractivity (Wildman–Crippen MR) is 54.4 cm³/mol. The second kappa shape index (κ2) is 5.31. The highest BCUT2D eigenvalue weighted by Gasteiger charge is 2.08. The molecule has 1 aromatic heterocycles. The summed E-state index contributed by atoms with van der Waals surface area (Å²) in [4.78, 5) is 14.2. The number of carbonyl (C=O) groups is 1. The van der Waals surface area contributed by atoms with E-state index in [1.165, 1.54) is 6.08 Å². The van der Waals surface area contributed by atoms with Gasteiger partial charge in [0.1, 0.15) is 5.76 Å². The molecular formula is C10H14N2O3. The molecule has 2 N–H and O–H groups in total. The fourth-order valence-electron chi connectivity index (χ4n) is 1.06. The van der Waals surface area contributed by atoms with Gasteiger partial charge in [-0.3, -0.25) is 0 Å². The van der Waals surface area contributed by atoms with E-state index in [0.717, 1.165) is 11.8 Å². The molecule has 0 radical (unpaired) electrons. The molecule has 5 heteroatoms. The third kappa shape index (κ3) is 3.95. The fourth-order valence-corrected chi connectivity index (χ4v) is 1.06. The second-order valence-electron chi connectivity index (χ2n) is 3.18. The number of carboxylic acid groups (broad SMARTS) is 1. The number of hydrogen-bond acceptors (Lipinski definition) is 4. The van der Waals surface area contributed by atoms with Crippen LogP contribution in [0.4, 0.5) is 0 Å². The molecule has 0 saturated heterocycles. The average molecular weight is 210 g/mol. The number of nitrogens with one attached hydrogen (secondary N) is 1. The van der Waals surface area contributed by atoms with Gasteiger partial charge in [0.05, 0.1) is 12.2 Å². The highest BCUT2D eigenvalue weighted by molar-refractivity contribution is 5.79. The minimum absolute atomic E-state index is 0.0304. The number of aliphatic carboxylic acids is 1. The molecule has 1 unspecified atom stereocenters. The molecule has 82 valence electrons. The van der Waals surface area contributed by atoms with Gasteiger partial charge in [0.25, 0.3) is 0 Å². The third-order valence-corrected chi connectivity index (χ3v) is 1.81. The van der Waals surface area contributed by atoms with E-state index >= 15 is 0 Å². The molecule has 1 heterocycles. The first-order chi connectivity index (χ1) is 7.09. The zero-order valence-electron chi connectivity index (χ0n) is 8.73. The lowest BCUT2D eigenvalue weighted by Gasteiger charge is -2.06. The van der Waals surface area contributed by atoms with E-state index in [0.29, 0.717) is 12.4 Å². The fraction of sp³-hybridized carbons (Fsp3) is 0.400. The Bertz CT molecular complexity index is 357. The third-order valence-electron chi connectivity index (χ3n) is 1.81. The molecule has 0 bridgehead atoms. The number of nitrogens with zero attached hydrogens (tertiary/aromatic N) is 1. The number of aromatic nitrogens is 1. The maximum absolute atomic E-state index is 10.2. The van der Waals surface area contributed by atoms with Crippen LogP contribution in [0.15, 0.2) is 22.8 Å². The molecule has 1 aromatic rings. The second-order valence-corrected chi connectivity index (χ2v) is 3.18. The van der Waals surface area contributed by atoms with Gasteiger partial charge in [0.15, 0.2) is 0 Å². The molecule has 0 aliphatic carbocycles. The minimum atomic E-state index is -0.948. The summed E-state index contributed by atoms with van der Waals surface area (Å²) in [5, 5.41) is 11.4. The molecule has 15 heavy (non-hydrogen) atoms. The summed E-state index contributed by atoms with van der Waals surface area (Å²) in [6.07, 6.45) is 4.29. The van der Waals surface area contributed by atoms with Crippen LogP contribution in [0.2, 0.25) is 0 Å². The monoisotopic (exact) mass is 210 g/mol. The van der Waals surface area contributed by atoms with Gasteiger partial charge in [-0.05, 0) is 13.8 Å². The van der Waals surface area contributed by atoms with Crippen LogP contribution in [0.1, 0.15) is 24.6 Å². The van der Waals surface area contributed by atoms with E-state index in [1.807, 2.05) is 13.8 Å². The standard InChI is InChI=1S/C10H14N2O3/c1-7-6-12-10(15-7)8(2)11-5-3-4-9(13)14/h3-4,6,8,11H,5H2,1-2H3,(H,13,14)/b4-3+. The summed E-state index contributed by atoms with van der Waals surface area (Å²) in [5.41, 5.74) is 0. The molecule has 0 aliphatic heterocycles. The van der Waals surface area contributed by atoms with E-state index in [9.17, 15) is 4.79 Å².